The summed E-state index contributed by atoms with van der Waals surface area (Å²) in [7, 11) is -1.43. The van der Waals surface area contributed by atoms with E-state index in [0.29, 0.717) is 24.6 Å². The largest absolute Gasteiger partial charge is 0.493 e. The first-order valence-electron chi connectivity index (χ1n) is 7.71. The van der Waals surface area contributed by atoms with E-state index in [-0.39, 0.29) is 0 Å². The summed E-state index contributed by atoms with van der Waals surface area (Å²) in [5, 5.41) is 0. The molecule has 1 aliphatic rings. The standard InChI is InChI=1S/C16H26N2O3S/c1-6-21-16-12(2)11-15(13(3)14(16)4)22(19,20)18-9-7-17(5)8-10-18/h11H,6-10H2,1-5H3. The summed E-state index contributed by atoms with van der Waals surface area (Å²) >= 11 is 0. The summed E-state index contributed by atoms with van der Waals surface area (Å²) in [4.78, 5) is 2.56. The SMILES string of the molecule is CCOc1c(C)cc(S(=O)(=O)N2CCN(C)CC2)c(C)c1C. The van der Waals surface area contributed by atoms with Gasteiger partial charge in [-0.1, -0.05) is 0 Å². The number of likely N-dealkylation sites (N-methyl/N-ethyl adjacent to an activating group) is 1. The van der Waals surface area contributed by atoms with E-state index in [2.05, 4.69) is 4.90 Å². The van der Waals surface area contributed by atoms with Crippen LogP contribution in [0.3, 0.4) is 0 Å². The van der Waals surface area contributed by atoms with Gasteiger partial charge in [0.05, 0.1) is 11.5 Å². The molecule has 1 aromatic rings. The second kappa shape index (κ2) is 6.56. The fourth-order valence-electron chi connectivity index (χ4n) is 2.82. The number of aryl methyl sites for hydroxylation is 1. The fourth-order valence-corrected chi connectivity index (χ4v) is 4.61. The molecule has 0 bridgehead atoms. The molecule has 5 nitrogen and oxygen atoms in total. The van der Waals surface area contributed by atoms with Crippen molar-refractivity contribution in [3.05, 3.63) is 22.8 Å². The monoisotopic (exact) mass is 326 g/mol. The number of rotatable bonds is 4. The number of piperazine rings is 1. The molecule has 124 valence electrons. The second-order valence-electron chi connectivity index (χ2n) is 5.91. The van der Waals surface area contributed by atoms with Crippen LogP contribution in [0.25, 0.3) is 0 Å². The molecule has 0 aromatic heterocycles. The molecular weight excluding hydrogens is 300 g/mol. The van der Waals surface area contributed by atoms with Crippen LogP contribution in [0.2, 0.25) is 0 Å². The van der Waals surface area contributed by atoms with E-state index in [9.17, 15) is 8.42 Å². The van der Waals surface area contributed by atoms with Crippen molar-refractivity contribution in [1.29, 1.82) is 0 Å². The molecule has 0 aliphatic carbocycles. The normalized spacial score (nSPS) is 17.7. The average Bonchev–Trinajstić information content (AvgIpc) is 2.47. The molecule has 0 spiro atoms. The van der Waals surface area contributed by atoms with E-state index in [0.717, 1.165) is 35.5 Å². The van der Waals surface area contributed by atoms with Crippen molar-refractivity contribution in [2.45, 2.75) is 32.6 Å². The Morgan fingerprint density at radius 2 is 1.68 bits per heavy atom. The van der Waals surface area contributed by atoms with Gasteiger partial charge in [-0.15, -0.1) is 0 Å². The third kappa shape index (κ3) is 3.14. The van der Waals surface area contributed by atoms with Crippen LogP contribution in [0, 0.1) is 20.8 Å². The zero-order valence-corrected chi connectivity index (χ0v) is 15.0. The lowest BCUT2D eigenvalue weighted by Gasteiger charge is -2.32. The summed E-state index contributed by atoms with van der Waals surface area (Å²) < 4.78 is 33.2. The van der Waals surface area contributed by atoms with Crippen molar-refractivity contribution >= 4 is 10.0 Å². The van der Waals surface area contributed by atoms with Crippen LogP contribution in [0.15, 0.2) is 11.0 Å². The minimum atomic E-state index is -3.44. The van der Waals surface area contributed by atoms with Gasteiger partial charge in [0.1, 0.15) is 5.75 Å². The Hall–Kier alpha value is -1.11. The van der Waals surface area contributed by atoms with Crippen LogP contribution in [0.5, 0.6) is 5.75 Å². The molecule has 0 atom stereocenters. The van der Waals surface area contributed by atoms with Gasteiger partial charge in [-0.05, 0) is 57.5 Å². The maximum atomic E-state index is 13.0. The lowest BCUT2D eigenvalue weighted by atomic mass is 10.1. The van der Waals surface area contributed by atoms with Crippen molar-refractivity contribution in [1.82, 2.24) is 9.21 Å². The van der Waals surface area contributed by atoms with Crippen LogP contribution in [-0.2, 0) is 10.0 Å². The third-order valence-corrected chi connectivity index (χ3v) is 6.37. The maximum Gasteiger partial charge on any atom is 0.243 e. The minimum absolute atomic E-state index is 0.413. The Bertz CT molecular complexity index is 648. The zero-order valence-electron chi connectivity index (χ0n) is 14.1. The van der Waals surface area contributed by atoms with Crippen molar-refractivity contribution < 1.29 is 13.2 Å². The van der Waals surface area contributed by atoms with Crippen LogP contribution in [0.1, 0.15) is 23.6 Å². The number of hydrogen-bond donors (Lipinski definition) is 0. The highest BCUT2D eigenvalue weighted by atomic mass is 32.2. The van der Waals surface area contributed by atoms with Gasteiger partial charge >= 0.3 is 0 Å². The molecule has 0 unspecified atom stereocenters. The summed E-state index contributed by atoms with van der Waals surface area (Å²) in [6.07, 6.45) is 0. The summed E-state index contributed by atoms with van der Waals surface area (Å²) in [6, 6.07) is 1.75. The quantitative estimate of drug-likeness (QED) is 0.848. The predicted octanol–water partition coefficient (Wildman–Crippen LogP) is 1.95. The Labute approximate surface area is 133 Å². The smallest absolute Gasteiger partial charge is 0.243 e. The molecule has 1 heterocycles. The van der Waals surface area contributed by atoms with Crippen LogP contribution in [0.4, 0.5) is 0 Å². The average molecular weight is 326 g/mol. The van der Waals surface area contributed by atoms with Gasteiger partial charge in [0, 0.05) is 26.2 Å². The first kappa shape index (κ1) is 17.2. The third-order valence-electron chi connectivity index (χ3n) is 4.35. The molecule has 0 N–H and O–H groups in total. The number of nitrogens with zero attached hydrogens (tertiary/aromatic N) is 2. The fraction of sp³-hybridized carbons (Fsp3) is 0.625. The van der Waals surface area contributed by atoms with E-state index in [4.69, 9.17) is 4.74 Å². The molecule has 0 radical (unpaired) electrons. The van der Waals surface area contributed by atoms with E-state index >= 15 is 0 Å². The Morgan fingerprint density at radius 1 is 1.09 bits per heavy atom. The molecule has 1 aliphatic heterocycles. The molecule has 0 saturated carbocycles. The highest BCUT2D eigenvalue weighted by Gasteiger charge is 2.30. The van der Waals surface area contributed by atoms with Crippen LogP contribution in [-0.4, -0.2) is 57.5 Å². The minimum Gasteiger partial charge on any atom is -0.493 e. The van der Waals surface area contributed by atoms with Crippen molar-refractivity contribution in [2.24, 2.45) is 0 Å². The molecule has 22 heavy (non-hydrogen) atoms. The lowest BCUT2D eigenvalue weighted by molar-refractivity contribution is 0.222. The van der Waals surface area contributed by atoms with Crippen LogP contribution < -0.4 is 4.74 Å². The topological polar surface area (TPSA) is 49.9 Å². The van der Waals surface area contributed by atoms with Gasteiger partial charge < -0.3 is 9.64 Å². The van der Waals surface area contributed by atoms with E-state index in [1.54, 1.807) is 10.4 Å². The maximum absolute atomic E-state index is 13.0. The molecule has 2 rings (SSSR count). The number of benzene rings is 1. The number of sulfonamides is 1. The van der Waals surface area contributed by atoms with Gasteiger partial charge in [0.15, 0.2) is 0 Å². The second-order valence-corrected chi connectivity index (χ2v) is 7.82. The predicted molar refractivity (Wildman–Crippen MR) is 88.1 cm³/mol. The molecule has 1 fully saturated rings. The first-order chi connectivity index (χ1) is 10.3. The van der Waals surface area contributed by atoms with Crippen LogP contribution >= 0.6 is 0 Å². The lowest BCUT2D eigenvalue weighted by Crippen LogP contribution is -2.47. The Kier molecular flexibility index (Phi) is 5.14. The molecule has 1 saturated heterocycles. The molecule has 0 amide bonds. The Balaban J connectivity index is 2.44. The van der Waals surface area contributed by atoms with E-state index in [1.165, 1.54) is 0 Å². The first-order valence-corrected chi connectivity index (χ1v) is 9.15. The molecule has 1 aromatic carbocycles. The zero-order chi connectivity index (χ0) is 16.5. The molecule has 6 heteroatoms. The van der Waals surface area contributed by atoms with Gasteiger partial charge in [0.2, 0.25) is 10.0 Å². The van der Waals surface area contributed by atoms with Gasteiger partial charge in [-0.3, -0.25) is 0 Å². The van der Waals surface area contributed by atoms with E-state index < -0.39 is 10.0 Å². The van der Waals surface area contributed by atoms with Crippen molar-refractivity contribution in [3.8, 4) is 5.75 Å². The number of ether oxygens (including phenoxy) is 1. The highest BCUT2D eigenvalue weighted by Crippen LogP contribution is 2.32. The Morgan fingerprint density at radius 3 is 2.23 bits per heavy atom. The van der Waals surface area contributed by atoms with Gasteiger partial charge in [-0.25, -0.2) is 8.42 Å². The molecular formula is C16H26N2O3S. The summed E-state index contributed by atoms with van der Waals surface area (Å²) in [5.41, 5.74) is 2.57. The van der Waals surface area contributed by atoms with Gasteiger partial charge in [-0.2, -0.15) is 4.31 Å². The number of hydrogen-bond acceptors (Lipinski definition) is 4. The summed E-state index contributed by atoms with van der Waals surface area (Å²) in [6.45, 7) is 10.8. The van der Waals surface area contributed by atoms with Gasteiger partial charge in [0.25, 0.3) is 0 Å². The van der Waals surface area contributed by atoms with Crippen molar-refractivity contribution in [2.75, 3.05) is 39.8 Å². The summed E-state index contributed by atoms with van der Waals surface area (Å²) in [5.74, 6) is 0.803. The highest BCUT2D eigenvalue weighted by molar-refractivity contribution is 7.89. The van der Waals surface area contributed by atoms with Crippen molar-refractivity contribution in [3.63, 3.8) is 0 Å². The van der Waals surface area contributed by atoms with E-state index in [1.807, 2.05) is 34.7 Å².